The molecule has 2 aromatic carbocycles. The summed E-state index contributed by atoms with van der Waals surface area (Å²) in [4.78, 5) is 17.8. The number of benzene rings is 2. The maximum absolute atomic E-state index is 12.9. The van der Waals surface area contributed by atoms with Gasteiger partial charge in [0.2, 0.25) is 5.91 Å². The smallest absolute Gasteiger partial charge is 0.225 e. The zero-order chi connectivity index (χ0) is 21.8. The molecule has 4 aromatic rings. The van der Waals surface area contributed by atoms with Crippen LogP contribution in [0.5, 0.6) is 0 Å². The SMILES string of the molecule is COCCn1c(C)c(C)c(-c2nc3ccccc3s2)c1NC(=O)CCc1ccccc1. The topological polar surface area (TPSA) is 56.1 Å². The molecule has 0 unspecified atom stereocenters. The molecule has 0 aliphatic heterocycles. The summed E-state index contributed by atoms with van der Waals surface area (Å²) in [5.74, 6) is 0.812. The highest BCUT2D eigenvalue weighted by molar-refractivity contribution is 7.21. The standard InChI is InChI=1S/C25H27N3O2S/c1-17-18(2)28(15-16-30-3)24(27-22(29)14-13-19-9-5-4-6-10-19)23(17)25-26-20-11-7-8-12-21(20)31-25/h4-12H,13-16H2,1-3H3,(H,27,29). The maximum atomic E-state index is 12.9. The summed E-state index contributed by atoms with van der Waals surface area (Å²) in [5.41, 5.74) is 5.39. The third kappa shape index (κ3) is 4.55. The molecule has 31 heavy (non-hydrogen) atoms. The molecular weight excluding hydrogens is 406 g/mol. The van der Waals surface area contributed by atoms with E-state index in [9.17, 15) is 4.79 Å². The number of nitrogens with zero attached hydrogens (tertiary/aromatic N) is 2. The first-order chi connectivity index (χ1) is 15.1. The Morgan fingerprint density at radius 1 is 1.10 bits per heavy atom. The minimum Gasteiger partial charge on any atom is -0.383 e. The fourth-order valence-electron chi connectivity index (χ4n) is 3.79. The van der Waals surface area contributed by atoms with E-state index >= 15 is 0 Å². The molecule has 160 valence electrons. The average molecular weight is 434 g/mol. The van der Waals surface area contributed by atoms with Crippen LogP contribution in [0.3, 0.4) is 0 Å². The van der Waals surface area contributed by atoms with Gasteiger partial charge in [-0.25, -0.2) is 4.98 Å². The molecule has 4 rings (SSSR count). The Morgan fingerprint density at radius 3 is 2.58 bits per heavy atom. The molecule has 0 fully saturated rings. The Kier molecular flexibility index (Phi) is 6.49. The van der Waals surface area contributed by atoms with Crippen molar-refractivity contribution in [2.75, 3.05) is 19.0 Å². The van der Waals surface area contributed by atoms with Gasteiger partial charge in [-0.3, -0.25) is 4.79 Å². The number of rotatable bonds is 8. The number of hydrogen-bond donors (Lipinski definition) is 1. The number of anilines is 1. The van der Waals surface area contributed by atoms with Crippen LogP contribution in [-0.4, -0.2) is 29.2 Å². The summed E-state index contributed by atoms with van der Waals surface area (Å²) < 4.78 is 8.60. The molecule has 0 bridgehead atoms. The van der Waals surface area contributed by atoms with Crippen molar-refractivity contribution in [1.29, 1.82) is 0 Å². The minimum absolute atomic E-state index is 0.00220. The Hall–Kier alpha value is -2.96. The van der Waals surface area contributed by atoms with Crippen molar-refractivity contribution in [3.63, 3.8) is 0 Å². The molecule has 6 heteroatoms. The quantitative estimate of drug-likeness (QED) is 0.393. The van der Waals surface area contributed by atoms with Gasteiger partial charge < -0.3 is 14.6 Å². The molecule has 2 heterocycles. The van der Waals surface area contributed by atoms with E-state index in [0.29, 0.717) is 26.0 Å². The predicted molar refractivity (Wildman–Crippen MR) is 128 cm³/mol. The number of carbonyl (C=O) groups excluding carboxylic acids is 1. The molecule has 2 aromatic heterocycles. The first-order valence-corrected chi connectivity index (χ1v) is 11.3. The summed E-state index contributed by atoms with van der Waals surface area (Å²) >= 11 is 1.65. The van der Waals surface area contributed by atoms with Gasteiger partial charge in [0.05, 0.1) is 22.4 Å². The van der Waals surface area contributed by atoms with Gasteiger partial charge in [-0.2, -0.15) is 0 Å². The molecule has 1 amide bonds. The lowest BCUT2D eigenvalue weighted by Gasteiger charge is -2.13. The molecule has 0 saturated heterocycles. The zero-order valence-corrected chi connectivity index (χ0v) is 19.0. The van der Waals surface area contributed by atoms with E-state index in [1.165, 1.54) is 0 Å². The van der Waals surface area contributed by atoms with Crippen LogP contribution in [0, 0.1) is 13.8 Å². The van der Waals surface area contributed by atoms with Crippen LogP contribution in [-0.2, 0) is 22.5 Å². The molecule has 1 N–H and O–H groups in total. The van der Waals surface area contributed by atoms with E-state index in [1.54, 1.807) is 18.4 Å². The number of amides is 1. The monoisotopic (exact) mass is 433 g/mol. The number of thiazole rings is 1. The number of ether oxygens (including phenoxy) is 1. The van der Waals surface area contributed by atoms with Crippen LogP contribution in [0.15, 0.2) is 54.6 Å². The van der Waals surface area contributed by atoms with Crippen molar-refractivity contribution >= 4 is 33.3 Å². The van der Waals surface area contributed by atoms with Crippen LogP contribution < -0.4 is 5.32 Å². The van der Waals surface area contributed by atoms with E-state index in [4.69, 9.17) is 9.72 Å². The molecule has 0 aliphatic rings. The van der Waals surface area contributed by atoms with E-state index in [2.05, 4.69) is 41.9 Å². The number of nitrogens with one attached hydrogen (secondary N) is 1. The van der Waals surface area contributed by atoms with E-state index in [-0.39, 0.29) is 5.91 Å². The van der Waals surface area contributed by atoms with Crippen LogP contribution in [0.4, 0.5) is 5.82 Å². The van der Waals surface area contributed by atoms with E-state index in [1.807, 2.05) is 36.4 Å². The van der Waals surface area contributed by atoms with Gasteiger partial charge in [0.1, 0.15) is 10.8 Å². The number of hydrogen-bond acceptors (Lipinski definition) is 4. The zero-order valence-electron chi connectivity index (χ0n) is 18.1. The normalized spacial score (nSPS) is 11.2. The second kappa shape index (κ2) is 9.45. The summed E-state index contributed by atoms with van der Waals surface area (Å²) in [6.07, 6.45) is 1.14. The molecule has 5 nitrogen and oxygen atoms in total. The van der Waals surface area contributed by atoms with Crippen LogP contribution in [0.1, 0.15) is 23.2 Å². The summed E-state index contributed by atoms with van der Waals surface area (Å²) in [5, 5.41) is 4.13. The minimum atomic E-state index is 0.00220. The van der Waals surface area contributed by atoms with Gasteiger partial charge in [-0.1, -0.05) is 42.5 Å². The number of aryl methyl sites for hydroxylation is 1. The first kappa shape index (κ1) is 21.3. The Balaban J connectivity index is 1.68. The molecule has 0 radical (unpaired) electrons. The Bertz CT molecular complexity index is 1160. The number of methoxy groups -OCH3 is 1. The van der Waals surface area contributed by atoms with Gasteiger partial charge in [0.15, 0.2) is 0 Å². The second-order valence-corrected chi connectivity index (χ2v) is 8.63. The van der Waals surface area contributed by atoms with Gasteiger partial charge in [0, 0.05) is 25.8 Å². The third-order valence-electron chi connectivity index (χ3n) is 5.60. The van der Waals surface area contributed by atoms with Gasteiger partial charge in [-0.15, -0.1) is 11.3 Å². The molecule has 0 saturated carbocycles. The van der Waals surface area contributed by atoms with Crippen molar-refractivity contribution in [3.8, 4) is 10.6 Å². The number of carbonyl (C=O) groups is 1. The van der Waals surface area contributed by atoms with Gasteiger partial charge in [-0.05, 0) is 43.5 Å². The van der Waals surface area contributed by atoms with Crippen molar-refractivity contribution < 1.29 is 9.53 Å². The highest BCUT2D eigenvalue weighted by atomic mass is 32.1. The van der Waals surface area contributed by atoms with Gasteiger partial charge in [0.25, 0.3) is 0 Å². The third-order valence-corrected chi connectivity index (χ3v) is 6.65. The fourth-order valence-corrected chi connectivity index (χ4v) is 4.86. The lowest BCUT2D eigenvalue weighted by atomic mass is 10.1. The highest BCUT2D eigenvalue weighted by Crippen LogP contribution is 2.40. The summed E-state index contributed by atoms with van der Waals surface area (Å²) in [6.45, 7) is 5.42. The lowest BCUT2D eigenvalue weighted by molar-refractivity contribution is -0.116. The van der Waals surface area contributed by atoms with Crippen molar-refractivity contribution in [2.45, 2.75) is 33.2 Å². The summed E-state index contributed by atoms with van der Waals surface area (Å²) in [6, 6.07) is 18.2. The van der Waals surface area contributed by atoms with Crippen LogP contribution in [0.2, 0.25) is 0 Å². The number of fused-ring (bicyclic) bond motifs is 1. The largest absolute Gasteiger partial charge is 0.383 e. The molecule has 0 spiro atoms. The maximum Gasteiger partial charge on any atom is 0.225 e. The molecule has 0 aliphatic carbocycles. The van der Waals surface area contributed by atoms with E-state index < -0.39 is 0 Å². The Labute approximate surface area is 186 Å². The van der Waals surface area contributed by atoms with E-state index in [0.717, 1.165) is 43.4 Å². The highest BCUT2D eigenvalue weighted by Gasteiger charge is 2.23. The molecule has 0 atom stereocenters. The van der Waals surface area contributed by atoms with Gasteiger partial charge >= 0.3 is 0 Å². The summed E-state index contributed by atoms with van der Waals surface area (Å²) in [7, 11) is 1.69. The predicted octanol–water partition coefficient (Wildman–Crippen LogP) is 5.60. The van der Waals surface area contributed by atoms with Crippen LogP contribution >= 0.6 is 11.3 Å². The van der Waals surface area contributed by atoms with Crippen molar-refractivity contribution in [2.24, 2.45) is 0 Å². The first-order valence-electron chi connectivity index (χ1n) is 10.5. The van der Waals surface area contributed by atoms with Crippen molar-refractivity contribution in [3.05, 3.63) is 71.4 Å². The lowest BCUT2D eigenvalue weighted by Crippen LogP contribution is -2.18. The Morgan fingerprint density at radius 2 is 1.84 bits per heavy atom. The average Bonchev–Trinajstić information content (AvgIpc) is 3.30. The number of para-hydroxylation sites is 1. The fraction of sp³-hybridized carbons (Fsp3) is 0.280. The number of aromatic nitrogens is 2. The second-order valence-electron chi connectivity index (χ2n) is 7.60. The van der Waals surface area contributed by atoms with Crippen molar-refractivity contribution in [1.82, 2.24) is 9.55 Å². The van der Waals surface area contributed by atoms with Crippen LogP contribution in [0.25, 0.3) is 20.8 Å². The molecular formula is C25H27N3O2S.